The molecule has 0 N–H and O–H groups in total. The number of carbonyl (C=O) groups is 1. The lowest BCUT2D eigenvalue weighted by molar-refractivity contribution is 0.0989. The van der Waals surface area contributed by atoms with Crippen molar-refractivity contribution in [1.82, 2.24) is 0 Å². The second-order valence-corrected chi connectivity index (χ2v) is 5.62. The van der Waals surface area contributed by atoms with Gasteiger partial charge in [-0.15, -0.1) is 0 Å². The standard InChI is InChI=1S/C14H8BrCl2FO/c15-11-6-5-10(14(18)13(11)17)12(19)7-8-1-3-9(16)4-2-8/h1-6H,7H2. The number of hydrogen-bond acceptors (Lipinski definition) is 1. The van der Waals surface area contributed by atoms with E-state index in [4.69, 9.17) is 23.2 Å². The molecule has 0 aromatic heterocycles. The molecule has 2 aromatic carbocycles. The number of halogens is 4. The topological polar surface area (TPSA) is 17.1 Å². The van der Waals surface area contributed by atoms with Crippen molar-refractivity contribution in [2.75, 3.05) is 0 Å². The van der Waals surface area contributed by atoms with E-state index >= 15 is 0 Å². The summed E-state index contributed by atoms with van der Waals surface area (Å²) < 4.78 is 14.3. The van der Waals surface area contributed by atoms with Gasteiger partial charge in [0.2, 0.25) is 0 Å². The van der Waals surface area contributed by atoms with E-state index in [-0.39, 0.29) is 22.8 Å². The summed E-state index contributed by atoms with van der Waals surface area (Å²) in [5.41, 5.74) is 0.760. The van der Waals surface area contributed by atoms with E-state index in [9.17, 15) is 9.18 Å². The Labute approximate surface area is 128 Å². The summed E-state index contributed by atoms with van der Waals surface area (Å²) in [6.07, 6.45) is 0.103. The van der Waals surface area contributed by atoms with Crippen LogP contribution >= 0.6 is 39.1 Å². The molecule has 0 fully saturated rings. The molecule has 0 saturated carbocycles. The highest BCUT2D eigenvalue weighted by molar-refractivity contribution is 9.10. The van der Waals surface area contributed by atoms with Gasteiger partial charge in [-0.05, 0) is 45.8 Å². The maximum atomic E-state index is 13.9. The number of rotatable bonds is 3. The summed E-state index contributed by atoms with van der Waals surface area (Å²) in [6, 6.07) is 9.82. The van der Waals surface area contributed by atoms with Crippen molar-refractivity contribution in [1.29, 1.82) is 0 Å². The number of carbonyl (C=O) groups excluding carboxylic acids is 1. The molecule has 2 rings (SSSR count). The van der Waals surface area contributed by atoms with Gasteiger partial charge in [0.1, 0.15) is 0 Å². The molecule has 0 spiro atoms. The lowest BCUT2D eigenvalue weighted by Crippen LogP contribution is -2.06. The molecule has 0 amide bonds. The van der Waals surface area contributed by atoms with Crippen molar-refractivity contribution in [2.45, 2.75) is 6.42 Å². The van der Waals surface area contributed by atoms with Crippen LogP contribution in [0.15, 0.2) is 40.9 Å². The predicted octanol–water partition coefficient (Wildman–Crippen LogP) is 5.32. The van der Waals surface area contributed by atoms with Crippen molar-refractivity contribution >= 4 is 44.9 Å². The molecule has 0 atom stereocenters. The van der Waals surface area contributed by atoms with Gasteiger partial charge in [0.05, 0.1) is 10.6 Å². The minimum atomic E-state index is -0.699. The van der Waals surface area contributed by atoms with Crippen molar-refractivity contribution in [3.8, 4) is 0 Å². The molecular formula is C14H8BrCl2FO. The number of Topliss-reactive ketones (excluding diaryl/α,β-unsaturated/α-hetero) is 1. The first-order chi connectivity index (χ1) is 8.99. The average molecular weight is 362 g/mol. The molecule has 0 saturated heterocycles. The molecular weight excluding hydrogens is 354 g/mol. The Bertz CT molecular complexity index is 626. The number of hydrogen-bond donors (Lipinski definition) is 0. The highest BCUT2D eigenvalue weighted by Crippen LogP contribution is 2.28. The highest BCUT2D eigenvalue weighted by Gasteiger charge is 2.16. The summed E-state index contributed by atoms with van der Waals surface area (Å²) >= 11 is 14.6. The first kappa shape index (κ1) is 14.5. The molecule has 0 aliphatic heterocycles. The average Bonchev–Trinajstić information content (AvgIpc) is 2.39. The molecule has 19 heavy (non-hydrogen) atoms. The van der Waals surface area contributed by atoms with E-state index in [1.165, 1.54) is 6.07 Å². The van der Waals surface area contributed by atoms with Crippen LogP contribution in [0.4, 0.5) is 4.39 Å². The van der Waals surface area contributed by atoms with Crippen LogP contribution in [0.5, 0.6) is 0 Å². The third-order valence-electron chi connectivity index (χ3n) is 2.61. The van der Waals surface area contributed by atoms with Gasteiger partial charge >= 0.3 is 0 Å². The summed E-state index contributed by atoms with van der Waals surface area (Å²) in [7, 11) is 0. The fourth-order valence-electron chi connectivity index (χ4n) is 1.62. The van der Waals surface area contributed by atoms with Crippen LogP contribution in [-0.4, -0.2) is 5.78 Å². The van der Waals surface area contributed by atoms with Gasteiger partial charge in [0.25, 0.3) is 0 Å². The minimum absolute atomic E-state index is 0.0110. The lowest BCUT2D eigenvalue weighted by atomic mass is 10.0. The lowest BCUT2D eigenvalue weighted by Gasteiger charge is -2.06. The molecule has 0 radical (unpaired) electrons. The van der Waals surface area contributed by atoms with Gasteiger partial charge in [-0.1, -0.05) is 35.3 Å². The molecule has 98 valence electrons. The number of ketones is 1. The van der Waals surface area contributed by atoms with Gasteiger partial charge < -0.3 is 0 Å². The predicted molar refractivity (Wildman–Crippen MR) is 78.6 cm³/mol. The molecule has 1 nitrogen and oxygen atoms in total. The van der Waals surface area contributed by atoms with Crippen LogP contribution in [0, 0.1) is 5.82 Å². The largest absolute Gasteiger partial charge is 0.294 e. The van der Waals surface area contributed by atoms with Crippen LogP contribution < -0.4 is 0 Å². The zero-order valence-electron chi connectivity index (χ0n) is 9.59. The quantitative estimate of drug-likeness (QED) is 0.534. The third-order valence-corrected chi connectivity index (χ3v) is 4.12. The molecule has 0 aliphatic rings. The summed E-state index contributed by atoms with van der Waals surface area (Å²) in [5.74, 6) is -1.02. The Morgan fingerprint density at radius 2 is 1.74 bits per heavy atom. The number of benzene rings is 2. The van der Waals surface area contributed by atoms with Crippen molar-refractivity contribution < 1.29 is 9.18 Å². The Kier molecular flexibility index (Phi) is 4.61. The van der Waals surface area contributed by atoms with E-state index in [0.717, 1.165) is 5.56 Å². The van der Waals surface area contributed by atoms with Crippen LogP contribution in [0.2, 0.25) is 10.0 Å². The third kappa shape index (κ3) is 3.35. The van der Waals surface area contributed by atoms with Crippen LogP contribution in [0.3, 0.4) is 0 Å². The van der Waals surface area contributed by atoms with E-state index in [1.807, 2.05) is 0 Å². The second-order valence-electron chi connectivity index (χ2n) is 3.95. The van der Waals surface area contributed by atoms with Gasteiger partial charge in [-0.25, -0.2) is 4.39 Å². The molecule has 0 unspecified atom stereocenters. The smallest absolute Gasteiger partial charge is 0.170 e. The first-order valence-corrected chi connectivity index (χ1v) is 6.95. The molecule has 0 heterocycles. The Hall–Kier alpha value is -0.900. The molecule has 0 aliphatic carbocycles. The summed E-state index contributed by atoms with van der Waals surface area (Å²) in [4.78, 5) is 12.0. The summed E-state index contributed by atoms with van der Waals surface area (Å²) in [6.45, 7) is 0. The zero-order chi connectivity index (χ0) is 14.0. The molecule has 0 bridgehead atoms. The second kappa shape index (κ2) is 6.04. The maximum Gasteiger partial charge on any atom is 0.170 e. The monoisotopic (exact) mass is 360 g/mol. The Balaban J connectivity index is 2.25. The van der Waals surface area contributed by atoms with Gasteiger partial charge in [-0.2, -0.15) is 0 Å². The fraction of sp³-hybridized carbons (Fsp3) is 0.0714. The fourth-order valence-corrected chi connectivity index (χ4v) is 2.22. The van der Waals surface area contributed by atoms with Crippen LogP contribution in [0.25, 0.3) is 0 Å². The summed E-state index contributed by atoms with van der Waals surface area (Å²) in [5, 5.41) is 0.510. The van der Waals surface area contributed by atoms with Gasteiger partial charge in [0, 0.05) is 15.9 Å². The maximum absolute atomic E-state index is 13.9. The van der Waals surface area contributed by atoms with Crippen LogP contribution in [0.1, 0.15) is 15.9 Å². The highest BCUT2D eigenvalue weighted by atomic mass is 79.9. The van der Waals surface area contributed by atoms with Gasteiger partial charge in [-0.3, -0.25) is 4.79 Å². The van der Waals surface area contributed by atoms with E-state index in [2.05, 4.69) is 15.9 Å². The Morgan fingerprint density at radius 1 is 1.11 bits per heavy atom. The van der Waals surface area contributed by atoms with E-state index in [1.54, 1.807) is 30.3 Å². The van der Waals surface area contributed by atoms with Crippen LogP contribution in [-0.2, 0) is 6.42 Å². The van der Waals surface area contributed by atoms with Crippen molar-refractivity contribution in [3.63, 3.8) is 0 Å². The van der Waals surface area contributed by atoms with E-state index < -0.39 is 5.82 Å². The van der Waals surface area contributed by atoms with Crippen molar-refractivity contribution in [3.05, 3.63) is 67.9 Å². The first-order valence-electron chi connectivity index (χ1n) is 5.40. The van der Waals surface area contributed by atoms with Gasteiger partial charge in [0.15, 0.2) is 11.6 Å². The zero-order valence-corrected chi connectivity index (χ0v) is 12.7. The molecule has 5 heteroatoms. The molecule has 2 aromatic rings. The van der Waals surface area contributed by atoms with E-state index in [0.29, 0.717) is 9.50 Å². The SMILES string of the molecule is O=C(Cc1ccc(Cl)cc1)c1ccc(Br)c(Cl)c1F. The van der Waals surface area contributed by atoms with Crippen molar-refractivity contribution in [2.24, 2.45) is 0 Å². The Morgan fingerprint density at radius 3 is 2.37 bits per heavy atom. The normalized spacial score (nSPS) is 10.5. The minimum Gasteiger partial charge on any atom is -0.294 e.